The quantitative estimate of drug-likeness (QED) is 0.0629. The van der Waals surface area contributed by atoms with Gasteiger partial charge in [0.1, 0.15) is 28.8 Å². The fourth-order valence-electron chi connectivity index (χ4n) is 4.03. The zero-order valence-corrected chi connectivity index (χ0v) is 49.1. The molecule has 0 amide bonds. The monoisotopic (exact) mass is 1200 g/mol. The van der Waals surface area contributed by atoms with Crippen molar-refractivity contribution >= 4 is 129 Å². The first-order valence-electron chi connectivity index (χ1n) is 18.7. The lowest BCUT2D eigenvalue weighted by molar-refractivity contribution is -0.121. The maximum Gasteiger partial charge on any atom is 0.383 e. The molecule has 2 rings (SSSR count). The Morgan fingerprint density at radius 1 is 0.647 bits per heavy atom. The largest absolute Gasteiger partial charge is 0.424 e. The Balaban J connectivity index is -0.000000374. The highest BCUT2D eigenvalue weighted by atomic mass is 32.7. The molecule has 35 heteroatoms. The second-order valence-corrected chi connectivity index (χ2v) is 30.3. The van der Waals surface area contributed by atoms with Crippen LogP contribution in [0.25, 0.3) is 0 Å². The first kappa shape index (κ1) is 74.7. The van der Waals surface area contributed by atoms with Crippen LogP contribution in [0.5, 0.6) is 11.5 Å². The number of Topliss-reactive ketones (excluding diaryl/α,β-unsaturated/α-hetero) is 3. The minimum absolute atomic E-state index is 0.0686. The standard InChI is InChI=1S/C11H16NO4PS.C7H9O3PS.C6H14NO4PS.C5H12NO4PS.C2H7O3PS.C2H7O2PS/c1-8(13)11(12-2)7-9-3-5-10(6-4-9)16-17(14,15)18;1-6-2-4-7(5-3-6)10-11(8,9)12;1-4(8)6(7-3)5(2)11-12(9,10)13;1-4(7)5(6-2)3-10-11(8,9)12;1-2-5-6(3,4)7;1-4-5(2,3)6/h3-6,11-12H,7H2,1-2H3,(H2,14,15,18);2-5H,1H3,(H2,8,9,12);5-7H,1-3H3,(H2,9,10,13);5-6H,3H2,1-2H3,(H2,8,9,12);2H2,1H3,(H2,3,4,7);1-2H3,(H,3,6)/t11-;;5?,6-;5-;;/m0.10../s1. The first-order valence-corrected chi connectivity index (χ1v) is 35.1. The molecule has 2 aromatic rings. The molecule has 0 aliphatic rings. The minimum Gasteiger partial charge on any atom is -0.424 e. The van der Waals surface area contributed by atoms with Crippen LogP contribution in [0.4, 0.5) is 0 Å². The van der Waals surface area contributed by atoms with Gasteiger partial charge < -0.3 is 92.0 Å². The number of thiol groups is 1. The summed E-state index contributed by atoms with van der Waals surface area (Å²) in [4.78, 5) is 120. The summed E-state index contributed by atoms with van der Waals surface area (Å²) in [7, 11) is 6.30. The molecule has 0 radical (unpaired) electrons. The number of nitrogens with one attached hydrogen (secondary N) is 3. The van der Waals surface area contributed by atoms with Crippen LogP contribution in [0.1, 0.15) is 45.7 Å². The van der Waals surface area contributed by atoms with E-state index in [1.54, 1.807) is 83.5 Å². The molecule has 0 aromatic heterocycles. The lowest BCUT2D eigenvalue weighted by atomic mass is 10.0. The van der Waals surface area contributed by atoms with Gasteiger partial charge in [-0.2, -0.15) is 0 Å². The molecule has 2 aromatic carbocycles. The molecule has 3 unspecified atom stereocenters. The fraction of sp³-hybridized carbons (Fsp3) is 0.545. The summed E-state index contributed by atoms with van der Waals surface area (Å²) in [5.41, 5.74) is 2.02. The van der Waals surface area contributed by atoms with Crippen molar-refractivity contribution in [3.8, 4) is 11.5 Å². The van der Waals surface area contributed by atoms with Gasteiger partial charge in [-0.1, -0.05) is 42.1 Å². The molecule has 0 spiro atoms. The maximum absolute atomic E-state index is 11.3. The average Bonchev–Trinajstić information content (AvgIpc) is 3.14. The van der Waals surface area contributed by atoms with Crippen molar-refractivity contribution in [1.29, 1.82) is 0 Å². The number of carbonyl (C=O) groups is 3. The van der Waals surface area contributed by atoms with Crippen LogP contribution in [0.15, 0.2) is 48.5 Å². The summed E-state index contributed by atoms with van der Waals surface area (Å²) in [5.74, 6) is 0.475. The molecule has 0 fully saturated rings. The van der Waals surface area contributed by atoms with Gasteiger partial charge >= 0.3 is 33.7 Å². The van der Waals surface area contributed by atoms with Crippen LogP contribution in [0.2, 0.25) is 0 Å². The van der Waals surface area contributed by atoms with E-state index in [0.717, 1.165) is 11.1 Å². The van der Waals surface area contributed by atoms with E-state index in [4.69, 9.17) is 62.5 Å². The van der Waals surface area contributed by atoms with E-state index in [9.17, 15) is 18.9 Å². The third-order valence-corrected chi connectivity index (χ3v) is 12.2. The predicted molar refractivity (Wildman–Crippen MR) is 284 cm³/mol. The number of hydrogen-bond donors (Lipinski definition) is 14. The second kappa shape index (κ2) is 37.0. The summed E-state index contributed by atoms with van der Waals surface area (Å²) in [6.45, 7) is -9.35. The Bertz CT molecular complexity index is 2070. The van der Waals surface area contributed by atoms with E-state index < -0.39 is 58.4 Å². The number of ketones is 3. The zero-order valence-electron chi connectivity index (χ0n) is 38.8. The van der Waals surface area contributed by atoms with Crippen molar-refractivity contribution in [2.24, 2.45) is 0 Å². The van der Waals surface area contributed by atoms with E-state index in [1.165, 1.54) is 34.5 Å². The molecule has 13 N–H and O–H groups in total. The lowest BCUT2D eigenvalue weighted by Gasteiger charge is -2.22. The first-order chi connectivity index (χ1) is 30.5. The molecular formula is C33H65N3O20P6S6. The summed E-state index contributed by atoms with van der Waals surface area (Å²) in [6.07, 6.45) is -0.0817. The molecule has 23 nitrogen and oxygen atoms in total. The van der Waals surface area contributed by atoms with Crippen LogP contribution in [-0.2, 0) is 102 Å². The summed E-state index contributed by atoms with van der Waals surface area (Å²) in [6, 6.07) is 12.3. The van der Waals surface area contributed by atoms with Gasteiger partial charge in [-0.05, 0) is 134 Å². The van der Waals surface area contributed by atoms with Crippen molar-refractivity contribution in [1.82, 2.24) is 16.0 Å². The number of aryl methyl sites for hydroxylation is 1. The number of likely N-dealkylation sites (N-methyl/N-ethyl adjacent to an activating group) is 3. The van der Waals surface area contributed by atoms with Crippen LogP contribution in [0, 0.1) is 6.92 Å². The molecule has 0 saturated heterocycles. The highest BCUT2D eigenvalue weighted by Crippen LogP contribution is 2.46. The van der Waals surface area contributed by atoms with Crippen molar-refractivity contribution in [3.05, 3.63) is 59.7 Å². The Morgan fingerprint density at radius 2 is 1.03 bits per heavy atom. The zero-order chi connectivity index (χ0) is 54.5. The van der Waals surface area contributed by atoms with Gasteiger partial charge in [-0.15, -0.1) is 0 Å². The SMILES string of the molecule is CCOP(=O)(O)S.CN[C@@H](COP(O)(O)=S)C(C)=O.CN[C@@H](Cc1ccc(OP(O)(O)=S)cc1)C(C)=O.CN[C@H](C(C)=O)C(C)OP(O)(O)=S.COP(C)(O)=S.Cc1ccc(OP(O)(O)=S)cc1. The number of hydrogen-bond acceptors (Lipinski definition) is 18. The van der Waals surface area contributed by atoms with E-state index in [2.05, 4.69) is 101 Å². The van der Waals surface area contributed by atoms with Gasteiger partial charge in [0, 0.05) is 37.4 Å². The molecule has 0 bridgehead atoms. The van der Waals surface area contributed by atoms with Crippen LogP contribution in [-0.4, -0.2) is 139 Å². The van der Waals surface area contributed by atoms with E-state index in [1.807, 2.05) is 6.92 Å². The van der Waals surface area contributed by atoms with Gasteiger partial charge in [0.2, 0.25) is 0 Å². The molecule has 398 valence electrons. The van der Waals surface area contributed by atoms with Gasteiger partial charge in [-0.3, -0.25) is 14.4 Å². The van der Waals surface area contributed by atoms with Gasteiger partial charge in [0.25, 0.3) is 0 Å². The second-order valence-electron chi connectivity index (χ2n) is 13.1. The van der Waals surface area contributed by atoms with Gasteiger partial charge in [0.05, 0.1) is 37.4 Å². The van der Waals surface area contributed by atoms with Crippen LogP contribution in [0.3, 0.4) is 0 Å². The summed E-state index contributed by atoms with van der Waals surface area (Å²) >= 11 is 24.8. The Kier molecular flexibility index (Phi) is 40.7. The van der Waals surface area contributed by atoms with Crippen molar-refractivity contribution in [2.45, 2.75) is 72.2 Å². The number of benzene rings is 2. The summed E-state index contributed by atoms with van der Waals surface area (Å²) < 4.78 is 37.3. The molecule has 0 aliphatic heterocycles. The number of rotatable bonds is 21. The van der Waals surface area contributed by atoms with Crippen molar-refractivity contribution in [2.75, 3.05) is 48.1 Å². The summed E-state index contributed by atoms with van der Waals surface area (Å²) in [5, 5.41) is 8.28. The topological polar surface area (TPSA) is 362 Å². The average molecular weight is 1200 g/mol. The van der Waals surface area contributed by atoms with E-state index in [0.29, 0.717) is 17.9 Å². The fourth-order valence-corrected chi connectivity index (χ4v) is 7.51. The molecule has 68 heavy (non-hydrogen) atoms. The third kappa shape index (κ3) is 51.1. The lowest BCUT2D eigenvalue weighted by Crippen LogP contribution is -2.42. The van der Waals surface area contributed by atoms with E-state index in [-0.39, 0.29) is 36.6 Å². The molecule has 0 heterocycles. The highest BCUT2D eigenvalue weighted by molar-refractivity contribution is 8.44. The van der Waals surface area contributed by atoms with Crippen LogP contribution >= 0.6 is 52.4 Å². The smallest absolute Gasteiger partial charge is 0.383 e. The van der Waals surface area contributed by atoms with Gasteiger partial charge in [-0.25, -0.2) is 4.57 Å². The molecule has 0 aliphatic carbocycles. The predicted octanol–water partition coefficient (Wildman–Crippen LogP) is 3.36. The third-order valence-electron chi connectivity index (χ3n) is 7.08. The Labute approximate surface area is 428 Å². The van der Waals surface area contributed by atoms with Crippen molar-refractivity contribution < 1.29 is 95.0 Å². The van der Waals surface area contributed by atoms with Gasteiger partial charge in [0.15, 0.2) is 6.49 Å². The van der Waals surface area contributed by atoms with Crippen LogP contribution < -0.4 is 25.0 Å². The minimum atomic E-state index is -3.69. The Hall–Kier alpha value is 0.200. The maximum atomic E-state index is 11.3. The molecule has 0 saturated carbocycles. The van der Waals surface area contributed by atoms with E-state index >= 15 is 0 Å². The van der Waals surface area contributed by atoms with Crippen molar-refractivity contribution in [3.63, 3.8) is 0 Å². The normalized spacial score (nSPS) is 14.9. The molecular weight excluding hydrogens is 1140 g/mol. The molecule has 6 atom stereocenters. The highest BCUT2D eigenvalue weighted by Gasteiger charge is 2.25. The Morgan fingerprint density at radius 3 is 1.26 bits per heavy atom. The number of carbonyl (C=O) groups excluding carboxylic acids is 3.